The molecule has 1 aromatic rings. The largest absolute Gasteiger partial charge is 0.768 e. The molecule has 0 spiro atoms. The zero-order valence-electron chi connectivity index (χ0n) is 5.11. The Hall–Kier alpha value is -0.240. The van der Waals surface area contributed by atoms with Crippen LogP contribution in [0.5, 0.6) is 0 Å². The first-order chi connectivity index (χ1) is 4.70. The van der Waals surface area contributed by atoms with Gasteiger partial charge in [-0.25, -0.2) is 0 Å². The van der Waals surface area contributed by atoms with Gasteiger partial charge in [-0.05, 0) is 28.5 Å². The van der Waals surface area contributed by atoms with Gasteiger partial charge in [0.1, 0.15) is 0 Å². The predicted molar refractivity (Wildman–Crippen MR) is 43.0 cm³/mol. The van der Waals surface area contributed by atoms with Crippen molar-refractivity contribution in [2.24, 2.45) is 0 Å². The van der Waals surface area contributed by atoms with Crippen LogP contribution in [0.4, 0.5) is 0 Å². The fourth-order valence-corrected chi connectivity index (χ4v) is 1.13. The van der Waals surface area contributed by atoms with Gasteiger partial charge in [-0.3, -0.25) is 4.21 Å². The first kappa shape index (κ1) is 7.86. The Kier molecular flexibility index (Phi) is 2.55. The van der Waals surface area contributed by atoms with E-state index in [9.17, 15) is 8.76 Å². The summed E-state index contributed by atoms with van der Waals surface area (Å²) in [5.74, 6) is 0. The zero-order chi connectivity index (χ0) is 7.56. The van der Waals surface area contributed by atoms with Gasteiger partial charge in [0, 0.05) is 4.90 Å². The molecule has 0 saturated carbocycles. The van der Waals surface area contributed by atoms with Crippen LogP contribution in [-0.4, -0.2) is 8.76 Å². The molecule has 0 aromatic heterocycles. The first-order valence-electron chi connectivity index (χ1n) is 2.65. The van der Waals surface area contributed by atoms with Crippen LogP contribution < -0.4 is 5.30 Å². The molecule has 0 bridgehead atoms. The SMILES string of the molecule is O=S([O-])c1ccc(P)cc1. The summed E-state index contributed by atoms with van der Waals surface area (Å²) >= 11 is -2.10. The highest BCUT2D eigenvalue weighted by molar-refractivity contribution is 7.79. The van der Waals surface area contributed by atoms with E-state index in [2.05, 4.69) is 9.24 Å². The lowest BCUT2D eigenvalue weighted by Gasteiger charge is -2.03. The van der Waals surface area contributed by atoms with Crippen LogP contribution in [0.2, 0.25) is 0 Å². The van der Waals surface area contributed by atoms with Crippen molar-refractivity contribution in [1.82, 2.24) is 0 Å². The summed E-state index contributed by atoms with van der Waals surface area (Å²) in [5, 5.41) is 0.981. The van der Waals surface area contributed by atoms with Gasteiger partial charge in [-0.2, -0.15) is 0 Å². The first-order valence-corrected chi connectivity index (χ1v) is 4.30. The van der Waals surface area contributed by atoms with Crippen LogP contribution in [0.25, 0.3) is 0 Å². The molecular weight excluding hydrogens is 167 g/mol. The van der Waals surface area contributed by atoms with Gasteiger partial charge >= 0.3 is 0 Å². The molecule has 0 fully saturated rings. The zero-order valence-corrected chi connectivity index (χ0v) is 7.08. The van der Waals surface area contributed by atoms with Crippen LogP contribution in [0.1, 0.15) is 0 Å². The summed E-state index contributed by atoms with van der Waals surface area (Å²) in [4.78, 5) is 0.325. The molecule has 0 radical (unpaired) electrons. The van der Waals surface area contributed by atoms with Crippen LogP contribution in [0.15, 0.2) is 29.2 Å². The molecule has 10 heavy (non-hydrogen) atoms. The second-order valence-electron chi connectivity index (χ2n) is 1.80. The lowest BCUT2D eigenvalue weighted by Crippen LogP contribution is -1.92. The van der Waals surface area contributed by atoms with Crippen molar-refractivity contribution in [2.75, 3.05) is 0 Å². The maximum absolute atomic E-state index is 10.3. The average molecular weight is 173 g/mol. The molecule has 1 aromatic carbocycles. The Morgan fingerprint density at radius 1 is 1.30 bits per heavy atom. The fourth-order valence-electron chi connectivity index (χ4n) is 0.579. The van der Waals surface area contributed by atoms with E-state index in [1.807, 2.05) is 0 Å². The van der Waals surface area contributed by atoms with Crippen molar-refractivity contribution in [2.45, 2.75) is 4.90 Å². The minimum absolute atomic E-state index is 0.325. The molecule has 1 rings (SSSR count). The van der Waals surface area contributed by atoms with Crippen LogP contribution in [-0.2, 0) is 11.1 Å². The predicted octanol–water partition coefficient (Wildman–Crippen LogP) is 0.425. The highest BCUT2D eigenvalue weighted by Crippen LogP contribution is 2.02. The molecule has 0 aliphatic heterocycles. The summed E-state index contributed by atoms with van der Waals surface area (Å²) in [7, 11) is 2.48. The average Bonchev–Trinajstić information content (AvgIpc) is 1.88. The smallest absolute Gasteiger partial charge is 0.0249 e. The third-order valence-electron chi connectivity index (χ3n) is 1.07. The van der Waals surface area contributed by atoms with E-state index in [0.29, 0.717) is 4.90 Å². The van der Waals surface area contributed by atoms with Crippen molar-refractivity contribution < 1.29 is 8.76 Å². The molecule has 2 atom stereocenters. The van der Waals surface area contributed by atoms with Crippen molar-refractivity contribution in [3.8, 4) is 0 Å². The highest BCUT2D eigenvalue weighted by atomic mass is 32.2. The van der Waals surface area contributed by atoms with Crippen molar-refractivity contribution in [1.29, 1.82) is 0 Å². The van der Waals surface area contributed by atoms with Crippen molar-refractivity contribution in [3.05, 3.63) is 24.3 Å². The molecule has 0 amide bonds. The van der Waals surface area contributed by atoms with Crippen molar-refractivity contribution in [3.63, 3.8) is 0 Å². The van der Waals surface area contributed by atoms with E-state index < -0.39 is 11.1 Å². The van der Waals surface area contributed by atoms with Crippen LogP contribution >= 0.6 is 9.24 Å². The number of rotatable bonds is 1. The van der Waals surface area contributed by atoms with E-state index in [-0.39, 0.29) is 0 Å². The maximum atomic E-state index is 10.3. The summed E-state index contributed by atoms with van der Waals surface area (Å²) in [6, 6.07) is 6.59. The summed E-state index contributed by atoms with van der Waals surface area (Å²) < 4.78 is 20.6. The Balaban J connectivity index is 3.00. The highest BCUT2D eigenvalue weighted by Gasteiger charge is 1.88. The summed E-state index contributed by atoms with van der Waals surface area (Å²) in [5.41, 5.74) is 0. The monoisotopic (exact) mass is 173 g/mol. The quantitative estimate of drug-likeness (QED) is 0.456. The second kappa shape index (κ2) is 3.24. The molecule has 2 unspecified atom stereocenters. The number of benzene rings is 1. The van der Waals surface area contributed by atoms with Crippen LogP contribution in [0.3, 0.4) is 0 Å². The summed E-state index contributed by atoms with van der Waals surface area (Å²) in [6.45, 7) is 0. The molecule has 0 N–H and O–H groups in total. The van der Waals surface area contributed by atoms with Gasteiger partial charge < -0.3 is 4.55 Å². The topological polar surface area (TPSA) is 40.1 Å². The molecule has 2 nitrogen and oxygen atoms in total. The minimum Gasteiger partial charge on any atom is -0.768 e. The van der Waals surface area contributed by atoms with E-state index in [1.54, 1.807) is 24.3 Å². The lowest BCUT2D eigenvalue weighted by atomic mass is 10.4. The minimum atomic E-state index is -2.10. The van der Waals surface area contributed by atoms with Crippen LogP contribution in [0, 0.1) is 0 Å². The van der Waals surface area contributed by atoms with Gasteiger partial charge in [0.2, 0.25) is 0 Å². The van der Waals surface area contributed by atoms with Gasteiger partial charge in [-0.1, -0.05) is 12.1 Å². The van der Waals surface area contributed by atoms with E-state index in [1.165, 1.54) is 0 Å². The van der Waals surface area contributed by atoms with E-state index in [4.69, 9.17) is 0 Å². The number of hydrogen-bond donors (Lipinski definition) is 0. The van der Waals surface area contributed by atoms with E-state index >= 15 is 0 Å². The molecule has 54 valence electrons. The van der Waals surface area contributed by atoms with Gasteiger partial charge in [-0.15, -0.1) is 9.24 Å². The normalized spacial score (nSPS) is 13.0. The molecule has 0 aliphatic carbocycles. The van der Waals surface area contributed by atoms with Gasteiger partial charge in [0.05, 0.1) is 0 Å². The molecule has 0 aliphatic rings. The Bertz CT molecular complexity index is 244. The fraction of sp³-hybridized carbons (Fsp3) is 0. The van der Waals surface area contributed by atoms with Gasteiger partial charge in [0.25, 0.3) is 0 Å². The molecule has 4 heteroatoms. The molecule has 0 heterocycles. The molecule has 0 saturated heterocycles. The Morgan fingerprint density at radius 3 is 2.20 bits per heavy atom. The van der Waals surface area contributed by atoms with Crippen molar-refractivity contribution >= 4 is 25.6 Å². The number of hydrogen-bond acceptors (Lipinski definition) is 2. The van der Waals surface area contributed by atoms with Gasteiger partial charge in [0.15, 0.2) is 0 Å². The third-order valence-corrected chi connectivity index (χ3v) is 2.11. The maximum Gasteiger partial charge on any atom is 0.0249 e. The second-order valence-corrected chi connectivity index (χ2v) is 3.41. The lowest BCUT2D eigenvalue weighted by molar-refractivity contribution is 0.537. The standard InChI is InChI=1S/C6H7O2PS/c7-10(8)6-3-1-5(9)2-4-6/h1-4H,9H2,(H,7,8)/p-1. The molecular formula is C6H6O2PS-. The Labute approximate surface area is 64.1 Å². The summed E-state index contributed by atoms with van der Waals surface area (Å²) in [6.07, 6.45) is 0. The Morgan fingerprint density at radius 2 is 1.80 bits per heavy atom. The third kappa shape index (κ3) is 1.87. The van der Waals surface area contributed by atoms with E-state index in [0.717, 1.165) is 5.30 Å².